The summed E-state index contributed by atoms with van der Waals surface area (Å²) in [6.45, 7) is 8.93. The average molecular weight is 322 g/mol. The second-order valence-electron chi connectivity index (χ2n) is 8.47. The predicted octanol–water partition coefficient (Wildman–Crippen LogP) is 4.27. The van der Waals surface area contributed by atoms with Gasteiger partial charge in [0.25, 0.3) is 0 Å². The molecular weight excluding hydrogens is 292 g/mol. The first-order chi connectivity index (χ1) is 11.3. The van der Waals surface area contributed by atoms with E-state index in [1.807, 2.05) is 12.1 Å². The molecule has 2 aliphatic carbocycles. The zero-order chi connectivity index (χ0) is 17.5. The molecule has 2 aliphatic rings. The lowest BCUT2D eigenvalue weighted by atomic mass is 10.0. The normalized spacial score (nSPS) is 31.6. The fourth-order valence-corrected chi connectivity index (χ4v) is 3.95. The van der Waals surface area contributed by atoms with Gasteiger partial charge in [-0.3, -0.25) is 0 Å². The van der Waals surface area contributed by atoms with Crippen LogP contribution in [0.5, 0.6) is 0 Å². The van der Waals surface area contributed by atoms with Crippen LogP contribution in [0.3, 0.4) is 0 Å². The molecule has 0 aromatic heterocycles. The minimum absolute atomic E-state index is 0.307. The smallest absolute Gasteiger partial charge is 0.0172 e. The molecule has 2 aromatic carbocycles. The van der Waals surface area contributed by atoms with Crippen molar-refractivity contribution in [3.8, 4) is 0 Å². The van der Waals surface area contributed by atoms with E-state index in [2.05, 4.69) is 76.2 Å². The number of hydrogen-bond donors (Lipinski definition) is 2. The molecule has 2 fully saturated rings. The van der Waals surface area contributed by atoms with Crippen LogP contribution in [0.15, 0.2) is 60.7 Å². The van der Waals surface area contributed by atoms with Crippen LogP contribution in [-0.4, -0.2) is 12.1 Å². The molecule has 0 heterocycles. The number of hydrogen-bond acceptors (Lipinski definition) is 2. The quantitative estimate of drug-likeness (QED) is 0.867. The lowest BCUT2D eigenvalue weighted by Crippen LogP contribution is -2.06. The van der Waals surface area contributed by atoms with Crippen molar-refractivity contribution >= 4 is 0 Å². The molecule has 4 atom stereocenters. The molecule has 0 bridgehead atoms. The first-order valence-electron chi connectivity index (χ1n) is 8.89. The molecule has 2 saturated carbocycles. The molecule has 2 nitrogen and oxygen atoms in total. The van der Waals surface area contributed by atoms with Crippen LogP contribution >= 0.6 is 0 Å². The molecule has 0 amide bonds. The predicted molar refractivity (Wildman–Crippen MR) is 102 cm³/mol. The summed E-state index contributed by atoms with van der Waals surface area (Å²) in [4.78, 5) is 0. The van der Waals surface area contributed by atoms with Gasteiger partial charge in [0.1, 0.15) is 0 Å². The van der Waals surface area contributed by atoms with E-state index < -0.39 is 0 Å². The van der Waals surface area contributed by atoms with Gasteiger partial charge < -0.3 is 11.5 Å². The molecule has 0 radical (unpaired) electrons. The topological polar surface area (TPSA) is 52.0 Å². The summed E-state index contributed by atoms with van der Waals surface area (Å²) in [5, 5.41) is 0. The van der Waals surface area contributed by atoms with E-state index in [9.17, 15) is 0 Å². The van der Waals surface area contributed by atoms with Gasteiger partial charge in [0.15, 0.2) is 0 Å². The van der Waals surface area contributed by atoms with Crippen molar-refractivity contribution < 1.29 is 0 Å². The van der Waals surface area contributed by atoms with E-state index in [0.717, 1.165) is 0 Å². The van der Waals surface area contributed by atoms with Gasteiger partial charge in [0, 0.05) is 23.9 Å². The molecule has 0 aliphatic heterocycles. The number of benzene rings is 2. The third-order valence-corrected chi connectivity index (χ3v) is 6.14. The molecule has 0 saturated heterocycles. The molecule has 0 spiro atoms. The standard InChI is InChI=1S/2C11H15N/c2*1-11(2)9(10(11)12)8-6-4-3-5-7-8/h2*3-7,9-10H,12H2,1-2H3/t2*9-,10-/m10/s1. The third kappa shape index (κ3) is 3.01. The van der Waals surface area contributed by atoms with Crippen LogP contribution in [0.25, 0.3) is 0 Å². The van der Waals surface area contributed by atoms with Crippen molar-refractivity contribution in [1.82, 2.24) is 0 Å². The Bertz CT molecular complexity index is 614. The summed E-state index contributed by atoms with van der Waals surface area (Å²) in [5.74, 6) is 1.14. The SMILES string of the molecule is CC1(C)[C@@H](N)[C@@H]1c1ccccc1.CC1(C)[C@H](N)[C@H]1c1ccccc1. The molecule has 4 rings (SSSR count). The van der Waals surface area contributed by atoms with Gasteiger partial charge in [0.2, 0.25) is 0 Å². The van der Waals surface area contributed by atoms with Crippen molar-refractivity contribution in [1.29, 1.82) is 0 Å². The van der Waals surface area contributed by atoms with Crippen molar-refractivity contribution in [2.45, 2.75) is 51.6 Å². The highest BCUT2D eigenvalue weighted by Crippen LogP contribution is 2.57. The molecular formula is C22H30N2. The maximum atomic E-state index is 5.98. The fraction of sp³-hybridized carbons (Fsp3) is 0.455. The highest BCUT2D eigenvalue weighted by atomic mass is 14.8. The summed E-state index contributed by atoms with van der Waals surface area (Å²) >= 11 is 0. The summed E-state index contributed by atoms with van der Waals surface area (Å²) < 4.78 is 0. The van der Waals surface area contributed by atoms with Crippen molar-refractivity contribution in [3.05, 3.63) is 71.8 Å². The highest BCUT2D eigenvalue weighted by Gasteiger charge is 2.56. The molecule has 2 aromatic rings. The number of nitrogens with two attached hydrogens (primary N) is 2. The zero-order valence-corrected chi connectivity index (χ0v) is 15.2. The van der Waals surface area contributed by atoms with E-state index in [-0.39, 0.29) is 0 Å². The van der Waals surface area contributed by atoms with E-state index in [0.29, 0.717) is 34.7 Å². The third-order valence-electron chi connectivity index (χ3n) is 6.14. The van der Waals surface area contributed by atoms with Gasteiger partial charge >= 0.3 is 0 Å². The maximum Gasteiger partial charge on any atom is 0.0172 e. The Hall–Kier alpha value is -1.64. The minimum Gasteiger partial charge on any atom is -0.327 e. The lowest BCUT2D eigenvalue weighted by molar-refractivity contribution is 0.599. The Morgan fingerprint density at radius 2 is 0.833 bits per heavy atom. The van der Waals surface area contributed by atoms with Crippen LogP contribution in [-0.2, 0) is 0 Å². The van der Waals surface area contributed by atoms with Gasteiger partial charge in [-0.2, -0.15) is 0 Å². The molecule has 0 unspecified atom stereocenters. The first-order valence-corrected chi connectivity index (χ1v) is 8.89. The van der Waals surface area contributed by atoms with Crippen LogP contribution in [0.2, 0.25) is 0 Å². The van der Waals surface area contributed by atoms with Gasteiger partial charge in [-0.25, -0.2) is 0 Å². The first kappa shape index (κ1) is 17.2. The van der Waals surface area contributed by atoms with Gasteiger partial charge in [-0.15, -0.1) is 0 Å². The Labute approximate surface area is 146 Å². The van der Waals surface area contributed by atoms with Gasteiger partial charge in [0.05, 0.1) is 0 Å². The Balaban J connectivity index is 0.000000141. The second kappa shape index (κ2) is 6.02. The monoisotopic (exact) mass is 322 g/mol. The van der Waals surface area contributed by atoms with Crippen molar-refractivity contribution in [3.63, 3.8) is 0 Å². The Kier molecular flexibility index (Phi) is 4.31. The van der Waals surface area contributed by atoms with Crippen LogP contribution in [0.1, 0.15) is 50.7 Å². The van der Waals surface area contributed by atoms with Crippen LogP contribution in [0, 0.1) is 10.8 Å². The molecule has 4 N–H and O–H groups in total. The lowest BCUT2D eigenvalue weighted by Gasteiger charge is -2.01. The second-order valence-corrected chi connectivity index (χ2v) is 8.47. The zero-order valence-electron chi connectivity index (χ0n) is 15.2. The molecule has 2 heteroatoms. The Morgan fingerprint density at radius 1 is 0.583 bits per heavy atom. The molecule has 128 valence electrons. The Morgan fingerprint density at radius 3 is 1.04 bits per heavy atom. The van der Waals surface area contributed by atoms with E-state index >= 15 is 0 Å². The fourth-order valence-electron chi connectivity index (χ4n) is 3.95. The highest BCUT2D eigenvalue weighted by molar-refractivity contribution is 5.34. The van der Waals surface area contributed by atoms with E-state index in [1.165, 1.54) is 11.1 Å². The van der Waals surface area contributed by atoms with Crippen LogP contribution in [0.4, 0.5) is 0 Å². The van der Waals surface area contributed by atoms with Gasteiger partial charge in [-0.05, 0) is 22.0 Å². The van der Waals surface area contributed by atoms with E-state index in [4.69, 9.17) is 11.5 Å². The summed E-state index contributed by atoms with van der Waals surface area (Å²) in [7, 11) is 0. The average Bonchev–Trinajstić information content (AvgIpc) is 3.28. The van der Waals surface area contributed by atoms with Gasteiger partial charge in [-0.1, -0.05) is 88.4 Å². The maximum absolute atomic E-state index is 5.98. The minimum atomic E-state index is 0.307. The summed E-state index contributed by atoms with van der Waals surface area (Å²) in [5.41, 5.74) is 15.3. The summed E-state index contributed by atoms with van der Waals surface area (Å²) in [6.07, 6.45) is 0. The number of rotatable bonds is 2. The largest absolute Gasteiger partial charge is 0.327 e. The molecule has 24 heavy (non-hydrogen) atoms. The van der Waals surface area contributed by atoms with E-state index in [1.54, 1.807) is 0 Å². The van der Waals surface area contributed by atoms with Crippen molar-refractivity contribution in [2.75, 3.05) is 0 Å². The van der Waals surface area contributed by atoms with Crippen LogP contribution < -0.4 is 11.5 Å². The summed E-state index contributed by atoms with van der Waals surface area (Å²) in [6, 6.07) is 21.8. The van der Waals surface area contributed by atoms with Crippen molar-refractivity contribution in [2.24, 2.45) is 22.3 Å².